The summed E-state index contributed by atoms with van der Waals surface area (Å²) in [7, 11) is 0. The molecule has 0 radical (unpaired) electrons. The van der Waals surface area contributed by atoms with Crippen molar-refractivity contribution in [2.24, 2.45) is 0 Å². The van der Waals surface area contributed by atoms with E-state index in [9.17, 15) is 0 Å². The molecule has 25 heavy (non-hydrogen) atoms. The zero-order chi connectivity index (χ0) is 16.6. The van der Waals surface area contributed by atoms with Gasteiger partial charge in [-0.05, 0) is 48.4 Å². The molecule has 0 amide bonds. The maximum atomic E-state index is 4.55. The van der Waals surface area contributed by atoms with E-state index in [0.717, 1.165) is 36.5 Å². The van der Waals surface area contributed by atoms with E-state index < -0.39 is 0 Å². The van der Waals surface area contributed by atoms with Gasteiger partial charge in [0.15, 0.2) is 5.65 Å². The molecule has 0 saturated carbocycles. The number of aromatic nitrogens is 3. The Morgan fingerprint density at radius 1 is 1.04 bits per heavy atom. The van der Waals surface area contributed by atoms with Crippen LogP contribution in [-0.4, -0.2) is 45.5 Å². The Morgan fingerprint density at radius 3 is 2.88 bits per heavy atom. The molecule has 6 heteroatoms. The predicted molar refractivity (Wildman–Crippen MR) is 101 cm³/mol. The largest absolute Gasteiger partial charge is 0.356 e. The number of nitrogens with zero attached hydrogens (tertiary/aromatic N) is 5. The summed E-state index contributed by atoms with van der Waals surface area (Å²) in [6.07, 6.45) is 7.05. The number of thiophene rings is 1. The Bertz CT molecular complexity index is 879. The summed E-state index contributed by atoms with van der Waals surface area (Å²) in [5.41, 5.74) is 2.34. The Labute approximate surface area is 151 Å². The van der Waals surface area contributed by atoms with Gasteiger partial charge in [0.05, 0.1) is 5.39 Å². The fraction of sp³-hybridized carbons (Fsp3) is 0.421. The smallest absolute Gasteiger partial charge is 0.164 e. The lowest BCUT2D eigenvalue weighted by Gasteiger charge is -2.40. The zero-order valence-corrected chi connectivity index (χ0v) is 15.0. The van der Waals surface area contributed by atoms with Crippen LogP contribution in [0.1, 0.15) is 23.3 Å². The first-order valence-corrected chi connectivity index (χ1v) is 9.86. The van der Waals surface area contributed by atoms with Crippen LogP contribution >= 0.6 is 11.3 Å². The third kappa shape index (κ3) is 2.79. The molecule has 0 unspecified atom stereocenters. The molecular formula is C19H21N5S. The normalized spacial score (nSPS) is 19.3. The van der Waals surface area contributed by atoms with E-state index in [0.29, 0.717) is 6.04 Å². The molecule has 2 aliphatic rings. The van der Waals surface area contributed by atoms with Crippen molar-refractivity contribution in [1.82, 2.24) is 19.9 Å². The fourth-order valence-corrected chi connectivity index (χ4v) is 5.05. The summed E-state index contributed by atoms with van der Waals surface area (Å²) in [6.45, 7) is 4.44. The molecule has 0 aliphatic carbocycles. The lowest BCUT2D eigenvalue weighted by Crippen LogP contribution is -2.46. The van der Waals surface area contributed by atoms with Gasteiger partial charge in [-0.25, -0.2) is 15.0 Å². The van der Waals surface area contributed by atoms with Gasteiger partial charge in [-0.15, -0.1) is 11.3 Å². The van der Waals surface area contributed by atoms with Crippen LogP contribution in [-0.2, 0) is 13.0 Å². The van der Waals surface area contributed by atoms with E-state index in [1.165, 1.54) is 25.8 Å². The van der Waals surface area contributed by atoms with Gasteiger partial charge in [0.25, 0.3) is 0 Å². The molecule has 0 aromatic carbocycles. The Kier molecular flexibility index (Phi) is 3.87. The van der Waals surface area contributed by atoms with Gasteiger partial charge in [0.1, 0.15) is 12.1 Å². The van der Waals surface area contributed by atoms with Crippen LogP contribution in [0.25, 0.3) is 11.0 Å². The molecule has 5 rings (SSSR count). The molecule has 5 heterocycles. The molecule has 5 nitrogen and oxygen atoms in total. The maximum Gasteiger partial charge on any atom is 0.164 e. The Hall–Kier alpha value is -2.05. The van der Waals surface area contributed by atoms with Gasteiger partial charge < -0.3 is 4.90 Å². The number of rotatable bonds is 2. The van der Waals surface area contributed by atoms with E-state index >= 15 is 0 Å². The summed E-state index contributed by atoms with van der Waals surface area (Å²) in [6, 6.07) is 7.04. The van der Waals surface area contributed by atoms with Gasteiger partial charge in [-0.1, -0.05) is 0 Å². The quantitative estimate of drug-likeness (QED) is 0.710. The molecule has 128 valence electrons. The number of hydrogen-bond donors (Lipinski definition) is 0. The predicted octanol–water partition coefficient (Wildman–Crippen LogP) is 3.11. The topological polar surface area (TPSA) is 45.2 Å². The molecule has 0 N–H and O–H groups in total. The van der Waals surface area contributed by atoms with Crippen molar-refractivity contribution >= 4 is 28.2 Å². The second kappa shape index (κ2) is 6.35. The summed E-state index contributed by atoms with van der Waals surface area (Å²) in [5, 5.41) is 3.30. The minimum absolute atomic E-state index is 0.690. The van der Waals surface area contributed by atoms with Crippen LogP contribution in [0.15, 0.2) is 36.1 Å². The molecule has 1 fully saturated rings. The van der Waals surface area contributed by atoms with Crippen molar-refractivity contribution < 1.29 is 0 Å². The highest BCUT2D eigenvalue weighted by Gasteiger charge is 2.28. The van der Waals surface area contributed by atoms with E-state index in [1.807, 2.05) is 17.4 Å². The van der Waals surface area contributed by atoms with E-state index in [1.54, 1.807) is 23.0 Å². The van der Waals surface area contributed by atoms with Gasteiger partial charge >= 0.3 is 0 Å². The molecule has 2 aliphatic heterocycles. The van der Waals surface area contributed by atoms with E-state index in [-0.39, 0.29) is 0 Å². The van der Waals surface area contributed by atoms with Crippen LogP contribution in [0.2, 0.25) is 0 Å². The monoisotopic (exact) mass is 351 g/mol. The summed E-state index contributed by atoms with van der Waals surface area (Å²) >= 11 is 1.92. The van der Waals surface area contributed by atoms with Crippen molar-refractivity contribution in [3.63, 3.8) is 0 Å². The molecule has 0 atom stereocenters. The van der Waals surface area contributed by atoms with E-state index in [4.69, 9.17) is 0 Å². The average Bonchev–Trinajstić information content (AvgIpc) is 3.15. The first-order chi connectivity index (χ1) is 12.4. The van der Waals surface area contributed by atoms with Crippen molar-refractivity contribution in [1.29, 1.82) is 0 Å². The van der Waals surface area contributed by atoms with Crippen molar-refractivity contribution in [2.75, 3.05) is 24.5 Å². The molecule has 3 aromatic heterocycles. The third-order valence-corrected chi connectivity index (χ3v) is 6.53. The molecular weight excluding hydrogens is 330 g/mol. The Balaban J connectivity index is 1.30. The van der Waals surface area contributed by atoms with Crippen LogP contribution in [0.4, 0.5) is 5.82 Å². The lowest BCUT2D eigenvalue weighted by atomic mass is 9.99. The van der Waals surface area contributed by atoms with Gasteiger partial charge in [0.2, 0.25) is 0 Å². The fourth-order valence-electron chi connectivity index (χ4n) is 4.16. The summed E-state index contributed by atoms with van der Waals surface area (Å²) < 4.78 is 0. The Morgan fingerprint density at radius 2 is 1.96 bits per heavy atom. The molecule has 1 saturated heterocycles. The van der Waals surface area contributed by atoms with Crippen LogP contribution in [0.5, 0.6) is 0 Å². The maximum absolute atomic E-state index is 4.55. The third-order valence-electron chi connectivity index (χ3n) is 5.51. The molecule has 0 spiro atoms. The lowest BCUT2D eigenvalue weighted by molar-refractivity contribution is 0.154. The zero-order valence-electron chi connectivity index (χ0n) is 14.1. The van der Waals surface area contributed by atoms with Crippen molar-refractivity contribution in [3.05, 3.63) is 46.5 Å². The summed E-state index contributed by atoms with van der Waals surface area (Å²) in [5.74, 6) is 1.04. The number of hydrogen-bond acceptors (Lipinski definition) is 6. The van der Waals surface area contributed by atoms with Crippen molar-refractivity contribution in [2.45, 2.75) is 31.8 Å². The van der Waals surface area contributed by atoms with Gasteiger partial charge in [-0.3, -0.25) is 4.90 Å². The number of piperidine rings is 1. The standard InChI is InChI=1S/C19H21N5S/c1-2-16-18(20-7-1)21-13-22-19(16)23-8-3-15(4-9-23)24-10-5-17-14(12-24)6-11-25-17/h1-2,6-7,11,13,15H,3-5,8-10,12H2. The number of fused-ring (bicyclic) bond motifs is 2. The highest BCUT2D eigenvalue weighted by molar-refractivity contribution is 7.10. The summed E-state index contributed by atoms with van der Waals surface area (Å²) in [4.78, 5) is 19.9. The molecule has 3 aromatic rings. The first kappa shape index (κ1) is 15.2. The van der Waals surface area contributed by atoms with Gasteiger partial charge in [-0.2, -0.15) is 0 Å². The molecule has 0 bridgehead atoms. The first-order valence-electron chi connectivity index (χ1n) is 8.98. The van der Waals surface area contributed by atoms with E-state index in [2.05, 4.69) is 42.3 Å². The second-order valence-electron chi connectivity index (χ2n) is 6.88. The van der Waals surface area contributed by atoms with Gasteiger partial charge in [0, 0.05) is 43.3 Å². The highest BCUT2D eigenvalue weighted by Crippen LogP contribution is 2.30. The highest BCUT2D eigenvalue weighted by atomic mass is 32.1. The van der Waals surface area contributed by atoms with Crippen LogP contribution in [0, 0.1) is 0 Å². The minimum atomic E-state index is 0.690. The minimum Gasteiger partial charge on any atom is -0.356 e. The van der Waals surface area contributed by atoms with Crippen LogP contribution < -0.4 is 4.90 Å². The van der Waals surface area contributed by atoms with Crippen molar-refractivity contribution in [3.8, 4) is 0 Å². The average molecular weight is 351 g/mol. The number of pyridine rings is 1. The van der Waals surface area contributed by atoms with Crippen LogP contribution in [0.3, 0.4) is 0 Å². The number of anilines is 1. The SMILES string of the molecule is c1cnc2ncnc(N3CCC(N4CCc5sccc5C4)CC3)c2c1. The second-order valence-corrected chi connectivity index (χ2v) is 7.88.